The van der Waals surface area contributed by atoms with E-state index in [1.807, 2.05) is 0 Å². The van der Waals surface area contributed by atoms with Gasteiger partial charge in [-0.15, -0.1) is 0 Å². The molecule has 162 valence electrons. The highest BCUT2D eigenvalue weighted by molar-refractivity contribution is 6.03. The first-order valence-corrected chi connectivity index (χ1v) is 9.16. The minimum atomic E-state index is -0.545. The molecule has 1 aromatic heterocycles. The van der Waals surface area contributed by atoms with Crippen molar-refractivity contribution in [2.45, 2.75) is 6.61 Å². The quantitative estimate of drug-likeness (QED) is 0.571. The Kier molecular flexibility index (Phi) is 6.76. The second-order valence-electron chi connectivity index (χ2n) is 6.36. The number of pyridine rings is 1. The number of anilines is 1. The summed E-state index contributed by atoms with van der Waals surface area (Å²) in [5.41, 5.74) is 0.644. The van der Waals surface area contributed by atoms with Gasteiger partial charge in [-0.05, 0) is 17.7 Å². The lowest BCUT2D eigenvalue weighted by Crippen LogP contribution is -2.18. The molecule has 0 spiro atoms. The number of ether oxygens (including phenoxy) is 4. The van der Waals surface area contributed by atoms with Crippen molar-refractivity contribution in [2.75, 3.05) is 26.6 Å². The summed E-state index contributed by atoms with van der Waals surface area (Å²) in [6, 6.07) is 9.99. The average Bonchev–Trinajstić information content (AvgIpc) is 2.78. The van der Waals surface area contributed by atoms with Gasteiger partial charge in [0.1, 0.15) is 18.1 Å². The van der Waals surface area contributed by atoms with Crippen LogP contribution in [0.3, 0.4) is 0 Å². The lowest BCUT2D eigenvalue weighted by molar-refractivity contribution is 0.102. The predicted octanol–water partition coefficient (Wildman–Crippen LogP) is 3.37. The van der Waals surface area contributed by atoms with Gasteiger partial charge in [-0.1, -0.05) is 12.1 Å². The average molecular weight is 428 g/mol. The molecule has 3 rings (SSSR count). The van der Waals surface area contributed by atoms with Gasteiger partial charge in [0.15, 0.2) is 17.2 Å². The molecule has 8 nitrogen and oxygen atoms in total. The topological polar surface area (TPSA) is 98.9 Å². The van der Waals surface area contributed by atoms with Crippen LogP contribution in [0.25, 0.3) is 0 Å². The van der Waals surface area contributed by atoms with Crippen LogP contribution in [0.1, 0.15) is 16.1 Å². The minimum Gasteiger partial charge on any atom is -0.493 e. The zero-order chi connectivity index (χ0) is 22.4. The smallest absolute Gasteiger partial charge is 0.272 e. The maximum absolute atomic E-state index is 13.0. The van der Waals surface area contributed by atoms with E-state index in [0.29, 0.717) is 28.5 Å². The van der Waals surface area contributed by atoms with Gasteiger partial charge < -0.3 is 29.2 Å². The Morgan fingerprint density at radius 3 is 2.16 bits per heavy atom. The third kappa shape index (κ3) is 5.13. The van der Waals surface area contributed by atoms with Gasteiger partial charge in [-0.2, -0.15) is 0 Å². The number of benzene rings is 2. The van der Waals surface area contributed by atoms with Crippen LogP contribution in [0, 0.1) is 5.82 Å². The van der Waals surface area contributed by atoms with E-state index in [1.54, 1.807) is 24.3 Å². The van der Waals surface area contributed by atoms with E-state index < -0.39 is 11.3 Å². The molecule has 0 radical (unpaired) electrons. The molecule has 3 aromatic rings. The number of hydrogen-bond acceptors (Lipinski definition) is 6. The zero-order valence-electron chi connectivity index (χ0n) is 17.2. The third-order valence-corrected chi connectivity index (χ3v) is 4.35. The van der Waals surface area contributed by atoms with Crippen LogP contribution >= 0.6 is 0 Å². The van der Waals surface area contributed by atoms with E-state index in [0.717, 1.165) is 6.07 Å². The lowest BCUT2D eigenvalue weighted by atomic mass is 10.2. The molecule has 0 aliphatic rings. The van der Waals surface area contributed by atoms with Crippen LogP contribution in [-0.2, 0) is 6.61 Å². The van der Waals surface area contributed by atoms with Crippen molar-refractivity contribution in [3.63, 3.8) is 0 Å². The Morgan fingerprint density at radius 1 is 0.968 bits per heavy atom. The Balaban J connectivity index is 1.73. The van der Waals surface area contributed by atoms with Crippen LogP contribution in [0.2, 0.25) is 0 Å². The van der Waals surface area contributed by atoms with Crippen LogP contribution < -0.4 is 29.7 Å². The van der Waals surface area contributed by atoms with Gasteiger partial charge in [0.2, 0.25) is 11.2 Å². The highest BCUT2D eigenvalue weighted by atomic mass is 19.1. The molecular formula is C22H21FN2O6. The van der Waals surface area contributed by atoms with Crippen LogP contribution in [0.5, 0.6) is 23.0 Å². The summed E-state index contributed by atoms with van der Waals surface area (Å²) in [5, 5.41) is 2.67. The number of aromatic nitrogens is 1. The Hall–Kier alpha value is -4.01. The molecule has 2 N–H and O–H groups in total. The minimum absolute atomic E-state index is 0.0351. The summed E-state index contributed by atoms with van der Waals surface area (Å²) >= 11 is 0. The maximum atomic E-state index is 13.0. The summed E-state index contributed by atoms with van der Waals surface area (Å²) in [6.45, 7) is 0.0837. The van der Waals surface area contributed by atoms with Crippen LogP contribution in [0.15, 0.2) is 53.5 Å². The van der Waals surface area contributed by atoms with Gasteiger partial charge in [-0.3, -0.25) is 9.59 Å². The normalized spacial score (nSPS) is 10.3. The first-order chi connectivity index (χ1) is 14.9. The highest BCUT2D eigenvalue weighted by Gasteiger charge is 2.16. The second kappa shape index (κ2) is 9.66. The highest BCUT2D eigenvalue weighted by Crippen LogP contribution is 2.39. The predicted molar refractivity (Wildman–Crippen MR) is 112 cm³/mol. The van der Waals surface area contributed by atoms with Gasteiger partial charge in [0, 0.05) is 30.1 Å². The number of H-pyrrole nitrogens is 1. The summed E-state index contributed by atoms with van der Waals surface area (Å²) in [7, 11) is 4.40. The molecule has 0 atom stereocenters. The van der Waals surface area contributed by atoms with Gasteiger partial charge >= 0.3 is 0 Å². The van der Waals surface area contributed by atoms with Crippen molar-refractivity contribution < 1.29 is 28.1 Å². The summed E-state index contributed by atoms with van der Waals surface area (Å²) in [6.07, 6.45) is 1.30. The Bertz CT molecular complexity index is 1100. The van der Waals surface area contributed by atoms with Crippen molar-refractivity contribution in [1.82, 2.24) is 4.98 Å². The molecule has 2 aromatic carbocycles. The van der Waals surface area contributed by atoms with Crippen LogP contribution in [-0.4, -0.2) is 32.2 Å². The number of hydrogen-bond donors (Lipinski definition) is 2. The van der Waals surface area contributed by atoms with Crippen molar-refractivity contribution in [2.24, 2.45) is 0 Å². The van der Waals surface area contributed by atoms with Crippen molar-refractivity contribution in [1.29, 1.82) is 0 Å². The fourth-order valence-corrected chi connectivity index (χ4v) is 2.80. The molecule has 0 fully saturated rings. The maximum Gasteiger partial charge on any atom is 0.272 e. The van der Waals surface area contributed by atoms with E-state index in [4.69, 9.17) is 18.9 Å². The summed E-state index contributed by atoms with van der Waals surface area (Å²) in [5.74, 6) is 0.263. The zero-order valence-corrected chi connectivity index (χ0v) is 17.2. The van der Waals surface area contributed by atoms with Crippen molar-refractivity contribution >= 4 is 11.6 Å². The standard InChI is InChI=1S/C22H21FN2O6/c1-28-18-8-15(9-19(29-2)21(18)30-3)25-22(27)16-10-17(26)20(11-24-16)31-12-13-4-6-14(23)7-5-13/h4-11H,12H2,1-3H3,(H,24,26)(H,25,27). The molecule has 0 bridgehead atoms. The first kappa shape index (κ1) is 21.7. The number of aromatic amines is 1. The second-order valence-corrected chi connectivity index (χ2v) is 6.36. The largest absolute Gasteiger partial charge is 0.493 e. The fourth-order valence-electron chi connectivity index (χ4n) is 2.80. The number of rotatable bonds is 8. The van der Waals surface area contributed by atoms with Gasteiger partial charge in [0.25, 0.3) is 5.91 Å². The first-order valence-electron chi connectivity index (χ1n) is 9.16. The monoisotopic (exact) mass is 428 g/mol. The molecule has 0 unspecified atom stereocenters. The number of amides is 1. The van der Waals surface area contributed by atoms with Gasteiger partial charge in [-0.25, -0.2) is 4.39 Å². The van der Waals surface area contributed by atoms with E-state index >= 15 is 0 Å². The number of carbonyl (C=O) groups is 1. The number of carbonyl (C=O) groups excluding carboxylic acids is 1. The van der Waals surface area contributed by atoms with E-state index in [-0.39, 0.29) is 23.9 Å². The van der Waals surface area contributed by atoms with Gasteiger partial charge in [0.05, 0.1) is 21.3 Å². The number of methoxy groups -OCH3 is 3. The van der Waals surface area contributed by atoms with Crippen molar-refractivity contribution in [3.8, 4) is 23.0 Å². The molecule has 9 heteroatoms. The fraction of sp³-hybridized carbons (Fsp3) is 0.182. The van der Waals surface area contributed by atoms with E-state index in [9.17, 15) is 14.0 Å². The number of nitrogens with one attached hydrogen (secondary N) is 2. The summed E-state index contributed by atoms with van der Waals surface area (Å²) < 4.78 is 34.2. The third-order valence-electron chi connectivity index (χ3n) is 4.35. The van der Waals surface area contributed by atoms with E-state index in [2.05, 4.69) is 10.3 Å². The van der Waals surface area contributed by atoms with Crippen LogP contribution in [0.4, 0.5) is 10.1 Å². The molecule has 31 heavy (non-hydrogen) atoms. The van der Waals surface area contributed by atoms with E-state index in [1.165, 1.54) is 39.7 Å². The molecule has 1 amide bonds. The molecular weight excluding hydrogens is 407 g/mol. The molecule has 0 saturated heterocycles. The molecule has 0 saturated carbocycles. The summed E-state index contributed by atoms with van der Waals surface area (Å²) in [4.78, 5) is 27.6. The molecule has 1 heterocycles. The molecule has 0 aliphatic heterocycles. The Labute approximate surface area is 177 Å². The van der Waals surface area contributed by atoms with Crippen molar-refractivity contribution in [3.05, 3.63) is 76.0 Å². The lowest BCUT2D eigenvalue weighted by Gasteiger charge is -2.14. The number of halogens is 1. The SMILES string of the molecule is COc1cc(NC(=O)c2cc(=O)c(OCc3ccc(F)cc3)c[nH]2)cc(OC)c1OC. The Morgan fingerprint density at radius 2 is 1.61 bits per heavy atom. The molecule has 0 aliphatic carbocycles.